The summed E-state index contributed by atoms with van der Waals surface area (Å²) < 4.78 is 42.9. The smallest absolute Gasteiger partial charge is 0.226 e. The fourth-order valence-corrected chi connectivity index (χ4v) is 3.92. The van der Waals surface area contributed by atoms with Crippen molar-refractivity contribution >= 4 is 21.4 Å². The first-order chi connectivity index (χ1) is 11.4. The number of aromatic nitrogens is 1. The molecule has 0 unspecified atom stereocenters. The van der Waals surface area contributed by atoms with Crippen molar-refractivity contribution in [1.82, 2.24) is 4.98 Å². The molecule has 124 valence electrons. The van der Waals surface area contributed by atoms with Gasteiger partial charge in [-0.25, -0.2) is 17.8 Å². The molecular formula is C17H13ClFNO3S. The van der Waals surface area contributed by atoms with Gasteiger partial charge in [0, 0.05) is 10.6 Å². The Kier molecular flexibility index (Phi) is 4.69. The largest absolute Gasteiger partial charge is 0.444 e. The molecule has 0 bridgehead atoms. The molecule has 0 saturated carbocycles. The summed E-state index contributed by atoms with van der Waals surface area (Å²) in [6.07, 6.45) is 1.29. The molecule has 0 amide bonds. The summed E-state index contributed by atoms with van der Waals surface area (Å²) in [5.41, 5.74) is 1.41. The average molecular weight is 366 g/mol. The second-order valence-electron chi connectivity index (χ2n) is 5.27. The lowest BCUT2D eigenvalue weighted by molar-refractivity contribution is 0.571. The fraction of sp³-hybridized carbons (Fsp3) is 0.118. The number of rotatable bonds is 5. The highest BCUT2D eigenvalue weighted by Crippen LogP contribution is 2.22. The third-order valence-corrected chi connectivity index (χ3v) is 5.20. The van der Waals surface area contributed by atoms with Crippen LogP contribution in [-0.2, 0) is 21.3 Å². The second kappa shape index (κ2) is 6.75. The van der Waals surface area contributed by atoms with E-state index in [1.54, 1.807) is 24.3 Å². The number of hydrogen-bond donors (Lipinski definition) is 0. The zero-order valence-corrected chi connectivity index (χ0v) is 14.0. The molecule has 0 spiro atoms. The van der Waals surface area contributed by atoms with Crippen LogP contribution in [0.4, 0.5) is 4.39 Å². The van der Waals surface area contributed by atoms with Gasteiger partial charge in [0.15, 0.2) is 9.84 Å². The van der Waals surface area contributed by atoms with Crippen LogP contribution in [0.3, 0.4) is 0 Å². The molecule has 2 aromatic carbocycles. The number of halogens is 2. The number of hydrogen-bond acceptors (Lipinski definition) is 4. The normalized spacial score (nSPS) is 11.6. The molecule has 0 N–H and O–H groups in total. The monoisotopic (exact) mass is 365 g/mol. The summed E-state index contributed by atoms with van der Waals surface area (Å²) in [5, 5.41) is 0.410. The summed E-state index contributed by atoms with van der Waals surface area (Å²) in [6, 6.07) is 12.4. The summed E-state index contributed by atoms with van der Waals surface area (Å²) in [6.45, 7) is 0. The van der Waals surface area contributed by atoms with Crippen LogP contribution in [0, 0.1) is 5.82 Å². The average Bonchev–Trinajstić information content (AvgIpc) is 2.98. The van der Waals surface area contributed by atoms with Crippen LogP contribution < -0.4 is 0 Å². The molecule has 4 nitrogen and oxygen atoms in total. The molecule has 0 saturated heterocycles. The minimum Gasteiger partial charge on any atom is -0.444 e. The van der Waals surface area contributed by atoms with Gasteiger partial charge in [0.05, 0.1) is 17.2 Å². The molecule has 0 atom stereocenters. The van der Waals surface area contributed by atoms with Crippen molar-refractivity contribution in [2.24, 2.45) is 0 Å². The molecule has 1 aromatic heterocycles. The van der Waals surface area contributed by atoms with Gasteiger partial charge in [-0.15, -0.1) is 0 Å². The van der Waals surface area contributed by atoms with Gasteiger partial charge in [0.1, 0.15) is 12.1 Å². The van der Waals surface area contributed by atoms with Crippen molar-refractivity contribution in [3.8, 4) is 11.5 Å². The summed E-state index contributed by atoms with van der Waals surface area (Å²) >= 11 is 6.00. The lowest BCUT2D eigenvalue weighted by atomic mass is 10.2. The van der Waals surface area contributed by atoms with E-state index < -0.39 is 9.84 Å². The Morgan fingerprint density at radius 2 is 1.75 bits per heavy atom. The first-order valence-corrected chi connectivity index (χ1v) is 9.27. The van der Waals surface area contributed by atoms with E-state index in [4.69, 9.17) is 16.0 Å². The van der Waals surface area contributed by atoms with E-state index in [1.807, 2.05) is 0 Å². The van der Waals surface area contributed by atoms with Crippen molar-refractivity contribution < 1.29 is 17.2 Å². The molecule has 24 heavy (non-hydrogen) atoms. The van der Waals surface area contributed by atoms with E-state index in [2.05, 4.69) is 4.98 Å². The van der Waals surface area contributed by atoms with E-state index >= 15 is 0 Å². The maximum Gasteiger partial charge on any atom is 0.226 e. The Hall–Kier alpha value is -2.18. The SMILES string of the molecule is O=S(=O)(Cc1coc(-c2ccc(F)cc2)n1)Cc1ccccc1Cl. The lowest BCUT2D eigenvalue weighted by Gasteiger charge is -2.04. The molecule has 0 radical (unpaired) electrons. The zero-order valence-electron chi connectivity index (χ0n) is 12.4. The molecule has 0 aliphatic rings. The molecule has 0 aliphatic carbocycles. The van der Waals surface area contributed by atoms with E-state index in [1.165, 1.54) is 30.5 Å². The Balaban J connectivity index is 1.76. The van der Waals surface area contributed by atoms with Crippen LogP contribution in [0.25, 0.3) is 11.5 Å². The first-order valence-electron chi connectivity index (χ1n) is 7.07. The highest BCUT2D eigenvalue weighted by Gasteiger charge is 2.18. The topological polar surface area (TPSA) is 60.2 Å². The van der Waals surface area contributed by atoms with Gasteiger partial charge in [0.2, 0.25) is 5.89 Å². The van der Waals surface area contributed by atoms with Gasteiger partial charge in [-0.05, 0) is 35.9 Å². The predicted octanol–water partition coefficient (Wildman–Crippen LogP) is 4.25. The first kappa shape index (κ1) is 16.7. The highest BCUT2D eigenvalue weighted by molar-refractivity contribution is 7.89. The minimum absolute atomic E-state index is 0.175. The van der Waals surface area contributed by atoms with Crippen LogP contribution in [0.2, 0.25) is 5.02 Å². The number of oxazole rings is 1. The third kappa shape index (κ3) is 4.01. The van der Waals surface area contributed by atoms with Crippen LogP contribution >= 0.6 is 11.6 Å². The highest BCUT2D eigenvalue weighted by atomic mass is 35.5. The van der Waals surface area contributed by atoms with Crippen molar-refractivity contribution in [2.45, 2.75) is 11.5 Å². The lowest BCUT2D eigenvalue weighted by Crippen LogP contribution is -2.08. The van der Waals surface area contributed by atoms with Gasteiger partial charge >= 0.3 is 0 Å². The molecule has 1 heterocycles. The maximum absolute atomic E-state index is 12.9. The molecule has 0 fully saturated rings. The van der Waals surface area contributed by atoms with Gasteiger partial charge < -0.3 is 4.42 Å². The number of nitrogens with zero attached hydrogens (tertiary/aromatic N) is 1. The second-order valence-corrected chi connectivity index (χ2v) is 7.75. The van der Waals surface area contributed by atoms with Gasteiger partial charge in [-0.3, -0.25) is 0 Å². The number of benzene rings is 2. The third-order valence-electron chi connectivity index (χ3n) is 3.34. The van der Waals surface area contributed by atoms with Crippen LogP contribution in [-0.4, -0.2) is 13.4 Å². The number of sulfone groups is 1. The van der Waals surface area contributed by atoms with Crippen molar-refractivity contribution in [3.63, 3.8) is 0 Å². The standard InChI is InChI=1S/C17H13ClFNO3S/c18-16-4-2-1-3-13(16)10-24(21,22)11-15-9-23-17(20-15)12-5-7-14(19)8-6-12/h1-9H,10-11H2. The zero-order chi connectivity index (χ0) is 17.2. The van der Waals surface area contributed by atoms with Crippen LogP contribution in [0.1, 0.15) is 11.3 Å². The van der Waals surface area contributed by atoms with Crippen LogP contribution in [0.5, 0.6) is 0 Å². The van der Waals surface area contributed by atoms with Gasteiger partial charge in [-0.2, -0.15) is 0 Å². The summed E-state index contributed by atoms with van der Waals surface area (Å²) in [5.74, 6) is -0.556. The Morgan fingerprint density at radius 3 is 2.46 bits per heavy atom. The van der Waals surface area contributed by atoms with Crippen molar-refractivity contribution in [2.75, 3.05) is 0 Å². The van der Waals surface area contributed by atoms with E-state index in [-0.39, 0.29) is 23.2 Å². The summed E-state index contributed by atoms with van der Waals surface area (Å²) in [7, 11) is -3.45. The van der Waals surface area contributed by atoms with Gasteiger partial charge in [0.25, 0.3) is 0 Å². The molecule has 3 rings (SSSR count). The molecule has 0 aliphatic heterocycles. The van der Waals surface area contributed by atoms with E-state index in [0.717, 1.165) is 0 Å². The maximum atomic E-state index is 12.9. The quantitative estimate of drug-likeness (QED) is 0.678. The molecular weight excluding hydrogens is 353 g/mol. The van der Waals surface area contributed by atoms with Gasteiger partial charge in [-0.1, -0.05) is 29.8 Å². The predicted molar refractivity (Wildman–Crippen MR) is 89.7 cm³/mol. The molecule has 7 heteroatoms. The van der Waals surface area contributed by atoms with E-state index in [0.29, 0.717) is 21.8 Å². The van der Waals surface area contributed by atoms with E-state index in [9.17, 15) is 12.8 Å². The van der Waals surface area contributed by atoms with Crippen LogP contribution in [0.15, 0.2) is 59.2 Å². The fourth-order valence-electron chi connectivity index (χ4n) is 2.23. The Bertz CT molecular complexity index is 952. The molecule has 3 aromatic rings. The van der Waals surface area contributed by atoms with Crippen molar-refractivity contribution in [3.05, 3.63) is 76.9 Å². The van der Waals surface area contributed by atoms with Crippen molar-refractivity contribution in [1.29, 1.82) is 0 Å². The Morgan fingerprint density at radius 1 is 1.04 bits per heavy atom. The Labute approximate surface area is 143 Å². The summed E-state index contributed by atoms with van der Waals surface area (Å²) in [4.78, 5) is 4.16. The minimum atomic E-state index is -3.45.